The van der Waals surface area contributed by atoms with Crippen molar-refractivity contribution in [2.24, 2.45) is 5.92 Å². The molecule has 0 bridgehead atoms. The fourth-order valence-electron chi connectivity index (χ4n) is 1.90. The lowest BCUT2D eigenvalue weighted by molar-refractivity contribution is -0.0186. The van der Waals surface area contributed by atoms with Crippen molar-refractivity contribution in [3.63, 3.8) is 0 Å². The van der Waals surface area contributed by atoms with Gasteiger partial charge in [-0.15, -0.1) is 0 Å². The Kier molecular flexibility index (Phi) is 4.16. The van der Waals surface area contributed by atoms with E-state index >= 15 is 0 Å². The van der Waals surface area contributed by atoms with Crippen LogP contribution in [0.1, 0.15) is 27.2 Å². The van der Waals surface area contributed by atoms with Crippen molar-refractivity contribution in [1.29, 1.82) is 0 Å². The van der Waals surface area contributed by atoms with Gasteiger partial charge in [0.1, 0.15) is 0 Å². The van der Waals surface area contributed by atoms with Crippen LogP contribution in [0.2, 0.25) is 0 Å². The van der Waals surface area contributed by atoms with Gasteiger partial charge in [0, 0.05) is 18.6 Å². The van der Waals surface area contributed by atoms with Crippen molar-refractivity contribution in [3.8, 4) is 0 Å². The number of nitrogens with zero attached hydrogens (tertiary/aromatic N) is 1. The van der Waals surface area contributed by atoms with Crippen LogP contribution < -0.4 is 5.48 Å². The Morgan fingerprint density at radius 2 is 2.15 bits per heavy atom. The molecule has 13 heavy (non-hydrogen) atoms. The molecule has 1 fully saturated rings. The molecule has 3 atom stereocenters. The minimum absolute atomic E-state index is 0.520. The average Bonchev–Trinajstić information content (AvgIpc) is 2.09. The maximum atomic E-state index is 5.26. The molecule has 3 heteroatoms. The van der Waals surface area contributed by atoms with Crippen molar-refractivity contribution in [2.45, 2.75) is 39.3 Å². The predicted octanol–water partition coefficient (Wildman–Crippen LogP) is 1.26. The van der Waals surface area contributed by atoms with E-state index in [1.807, 2.05) is 6.92 Å². The second-order valence-electron chi connectivity index (χ2n) is 4.16. The summed E-state index contributed by atoms with van der Waals surface area (Å²) in [5, 5.41) is 0. The smallest absolute Gasteiger partial charge is 0.0654 e. The predicted molar refractivity (Wildman–Crippen MR) is 54.4 cm³/mol. The van der Waals surface area contributed by atoms with Gasteiger partial charge in [-0.05, 0) is 33.2 Å². The highest BCUT2D eigenvalue weighted by molar-refractivity contribution is 4.84. The molecule has 0 aliphatic carbocycles. The van der Waals surface area contributed by atoms with Gasteiger partial charge in [-0.1, -0.05) is 6.92 Å². The first-order valence-corrected chi connectivity index (χ1v) is 5.22. The summed E-state index contributed by atoms with van der Waals surface area (Å²) in [5.41, 5.74) is 3.15. The minimum Gasteiger partial charge on any atom is -0.303 e. The summed E-state index contributed by atoms with van der Waals surface area (Å²) < 4.78 is 0. The van der Waals surface area contributed by atoms with Crippen LogP contribution in [0.15, 0.2) is 0 Å². The second kappa shape index (κ2) is 4.94. The lowest BCUT2D eigenvalue weighted by Crippen LogP contribution is -2.50. The molecule has 1 aliphatic heterocycles. The topological polar surface area (TPSA) is 24.5 Å². The molecule has 1 rings (SSSR count). The van der Waals surface area contributed by atoms with Gasteiger partial charge in [0.2, 0.25) is 0 Å². The lowest BCUT2D eigenvalue weighted by Gasteiger charge is -2.39. The molecule has 0 spiro atoms. The van der Waals surface area contributed by atoms with Gasteiger partial charge < -0.3 is 9.74 Å². The number of hydroxylamine groups is 1. The zero-order valence-corrected chi connectivity index (χ0v) is 9.21. The molecular weight excluding hydrogens is 164 g/mol. The highest BCUT2D eigenvalue weighted by atomic mass is 16.6. The van der Waals surface area contributed by atoms with Gasteiger partial charge in [-0.25, -0.2) is 0 Å². The standard InChI is InChI=1S/C10H22N2O/c1-5-13-11-10-6-9(3)12(4)7-8(10)2/h8-11H,5-7H2,1-4H3. The Labute approximate surface area is 81.4 Å². The summed E-state index contributed by atoms with van der Waals surface area (Å²) in [6.07, 6.45) is 1.18. The van der Waals surface area contributed by atoms with Gasteiger partial charge in [0.15, 0.2) is 0 Å². The van der Waals surface area contributed by atoms with Gasteiger partial charge in [0.25, 0.3) is 0 Å². The molecule has 0 saturated carbocycles. The van der Waals surface area contributed by atoms with Gasteiger partial charge in [-0.2, -0.15) is 5.48 Å². The monoisotopic (exact) mass is 186 g/mol. The molecule has 3 nitrogen and oxygen atoms in total. The largest absolute Gasteiger partial charge is 0.303 e. The van der Waals surface area contributed by atoms with Crippen LogP contribution in [0, 0.1) is 5.92 Å². The quantitative estimate of drug-likeness (QED) is 0.671. The van der Waals surface area contributed by atoms with Crippen molar-refractivity contribution < 1.29 is 4.84 Å². The number of hydrogen-bond acceptors (Lipinski definition) is 3. The molecule has 0 radical (unpaired) electrons. The van der Waals surface area contributed by atoms with E-state index < -0.39 is 0 Å². The normalized spacial score (nSPS) is 36.5. The third kappa shape index (κ3) is 2.93. The number of likely N-dealkylation sites (tertiary alicyclic amines) is 1. The van der Waals surface area contributed by atoms with Crippen LogP contribution in [-0.4, -0.2) is 37.2 Å². The molecule has 0 aromatic carbocycles. The van der Waals surface area contributed by atoms with Gasteiger partial charge in [0.05, 0.1) is 6.61 Å². The molecule has 3 unspecified atom stereocenters. The third-order valence-corrected chi connectivity index (χ3v) is 2.99. The number of hydrogen-bond donors (Lipinski definition) is 1. The lowest BCUT2D eigenvalue weighted by atomic mass is 9.90. The third-order valence-electron chi connectivity index (χ3n) is 2.99. The zero-order chi connectivity index (χ0) is 9.84. The van der Waals surface area contributed by atoms with E-state index in [1.54, 1.807) is 0 Å². The summed E-state index contributed by atoms with van der Waals surface area (Å²) in [5.74, 6) is 0.674. The Bertz CT molecular complexity index is 152. The molecule has 0 aromatic rings. The van der Waals surface area contributed by atoms with Gasteiger partial charge in [-0.3, -0.25) is 0 Å². The van der Waals surface area contributed by atoms with Gasteiger partial charge >= 0.3 is 0 Å². The highest BCUT2D eigenvalue weighted by Gasteiger charge is 2.28. The van der Waals surface area contributed by atoms with E-state index in [-0.39, 0.29) is 0 Å². The molecule has 1 aliphatic rings. The fraction of sp³-hybridized carbons (Fsp3) is 1.00. The van der Waals surface area contributed by atoms with Crippen LogP contribution in [0.25, 0.3) is 0 Å². The van der Waals surface area contributed by atoms with E-state index in [0.717, 1.165) is 13.2 Å². The summed E-state index contributed by atoms with van der Waals surface area (Å²) in [7, 11) is 2.19. The number of nitrogens with one attached hydrogen (secondary N) is 1. The van der Waals surface area contributed by atoms with Crippen molar-refractivity contribution in [3.05, 3.63) is 0 Å². The summed E-state index contributed by atoms with van der Waals surface area (Å²) in [6, 6.07) is 1.18. The van der Waals surface area contributed by atoms with Crippen LogP contribution in [0.4, 0.5) is 0 Å². The van der Waals surface area contributed by atoms with E-state index in [1.165, 1.54) is 6.42 Å². The SMILES string of the molecule is CCONC1CC(C)N(C)CC1C. The first-order valence-electron chi connectivity index (χ1n) is 5.22. The Balaban J connectivity index is 2.37. The average molecular weight is 186 g/mol. The molecular formula is C10H22N2O. The Morgan fingerprint density at radius 1 is 1.46 bits per heavy atom. The van der Waals surface area contributed by atoms with Crippen LogP contribution in [0.5, 0.6) is 0 Å². The molecule has 1 saturated heterocycles. The molecule has 1 heterocycles. The maximum absolute atomic E-state index is 5.26. The first-order chi connectivity index (χ1) is 6.15. The van der Waals surface area contributed by atoms with Crippen LogP contribution in [-0.2, 0) is 4.84 Å². The van der Waals surface area contributed by atoms with Crippen LogP contribution in [0.3, 0.4) is 0 Å². The Morgan fingerprint density at radius 3 is 2.77 bits per heavy atom. The number of rotatable bonds is 3. The molecule has 78 valence electrons. The Hall–Kier alpha value is -0.120. The van der Waals surface area contributed by atoms with E-state index in [9.17, 15) is 0 Å². The number of piperidine rings is 1. The summed E-state index contributed by atoms with van der Waals surface area (Å²) >= 11 is 0. The summed E-state index contributed by atoms with van der Waals surface area (Å²) in [6.45, 7) is 8.46. The minimum atomic E-state index is 0.520. The van der Waals surface area contributed by atoms with E-state index in [4.69, 9.17) is 4.84 Å². The zero-order valence-electron chi connectivity index (χ0n) is 9.21. The van der Waals surface area contributed by atoms with Crippen molar-refractivity contribution in [1.82, 2.24) is 10.4 Å². The highest BCUT2D eigenvalue weighted by Crippen LogP contribution is 2.20. The second-order valence-corrected chi connectivity index (χ2v) is 4.16. The van der Waals surface area contributed by atoms with Crippen molar-refractivity contribution >= 4 is 0 Å². The van der Waals surface area contributed by atoms with E-state index in [0.29, 0.717) is 18.0 Å². The molecule has 0 amide bonds. The summed E-state index contributed by atoms with van der Waals surface area (Å²) in [4.78, 5) is 7.67. The fourth-order valence-corrected chi connectivity index (χ4v) is 1.90. The molecule has 1 N–H and O–H groups in total. The van der Waals surface area contributed by atoms with Crippen LogP contribution >= 0.6 is 0 Å². The van der Waals surface area contributed by atoms with E-state index in [2.05, 4.69) is 31.3 Å². The maximum Gasteiger partial charge on any atom is 0.0654 e. The van der Waals surface area contributed by atoms with Crippen molar-refractivity contribution in [2.75, 3.05) is 20.2 Å². The molecule has 0 aromatic heterocycles. The first kappa shape index (κ1) is 11.0.